The number of halogens is 1. The summed E-state index contributed by atoms with van der Waals surface area (Å²) in [5.41, 5.74) is 1.76. The molecule has 0 N–H and O–H groups in total. The second-order valence-electron chi connectivity index (χ2n) is 6.42. The number of aromatic nitrogens is 1. The van der Waals surface area contributed by atoms with Crippen LogP contribution in [0.25, 0.3) is 10.6 Å². The van der Waals surface area contributed by atoms with E-state index >= 15 is 0 Å². The SMILES string of the molecule is Cc1nc(-c2ccc(Cl)cc2)sc1C1C(=O)[C@@H]2CC[C@@H](C2)C1=O. The van der Waals surface area contributed by atoms with Gasteiger partial charge in [0, 0.05) is 27.3 Å². The van der Waals surface area contributed by atoms with Gasteiger partial charge in [-0.2, -0.15) is 0 Å². The zero-order valence-corrected chi connectivity index (χ0v) is 14.3. The molecule has 0 radical (unpaired) electrons. The number of aryl methyl sites for hydroxylation is 1. The highest BCUT2D eigenvalue weighted by atomic mass is 35.5. The van der Waals surface area contributed by atoms with E-state index in [4.69, 9.17) is 11.6 Å². The number of Topliss-reactive ketones (excluding diaryl/α,β-unsaturated/α-hetero) is 2. The van der Waals surface area contributed by atoms with Gasteiger partial charge < -0.3 is 0 Å². The summed E-state index contributed by atoms with van der Waals surface area (Å²) >= 11 is 7.40. The third-order valence-electron chi connectivity index (χ3n) is 4.99. The number of thiazole rings is 1. The monoisotopic (exact) mass is 345 g/mol. The van der Waals surface area contributed by atoms with Gasteiger partial charge in [0.05, 0.1) is 5.69 Å². The van der Waals surface area contributed by atoms with Crippen molar-refractivity contribution in [2.45, 2.75) is 32.1 Å². The minimum absolute atomic E-state index is 0.0724. The first-order chi connectivity index (χ1) is 11.0. The predicted molar refractivity (Wildman–Crippen MR) is 90.9 cm³/mol. The molecule has 1 aromatic heterocycles. The van der Waals surface area contributed by atoms with Crippen LogP contribution in [-0.4, -0.2) is 16.6 Å². The summed E-state index contributed by atoms with van der Waals surface area (Å²) in [5, 5.41) is 1.52. The second kappa shape index (κ2) is 5.53. The fraction of sp³-hybridized carbons (Fsp3) is 0.389. The minimum Gasteiger partial charge on any atom is -0.298 e. The molecule has 0 saturated heterocycles. The molecule has 0 spiro atoms. The third-order valence-corrected chi connectivity index (χ3v) is 6.52. The number of carbonyl (C=O) groups excluding carboxylic acids is 2. The van der Waals surface area contributed by atoms with Crippen molar-refractivity contribution in [3.63, 3.8) is 0 Å². The highest BCUT2D eigenvalue weighted by Crippen LogP contribution is 2.46. The van der Waals surface area contributed by atoms with Crippen LogP contribution in [-0.2, 0) is 9.59 Å². The van der Waals surface area contributed by atoms with Crippen molar-refractivity contribution in [3.05, 3.63) is 39.9 Å². The zero-order valence-electron chi connectivity index (χ0n) is 12.7. The van der Waals surface area contributed by atoms with Crippen LogP contribution in [0.15, 0.2) is 24.3 Å². The van der Waals surface area contributed by atoms with E-state index in [0.29, 0.717) is 5.02 Å². The lowest BCUT2D eigenvalue weighted by Crippen LogP contribution is -2.34. The standard InChI is InChI=1S/C18H16ClNO2S/c1-9-17(14-15(21)11-2-3-12(8-11)16(14)22)23-18(20-9)10-4-6-13(19)7-5-10/h4-7,11-12,14H,2-3,8H2,1H3/t11-,12+,14?. The van der Waals surface area contributed by atoms with Crippen LogP contribution in [0.1, 0.15) is 35.8 Å². The topological polar surface area (TPSA) is 47.0 Å². The van der Waals surface area contributed by atoms with Crippen molar-refractivity contribution in [2.75, 3.05) is 0 Å². The van der Waals surface area contributed by atoms with Gasteiger partial charge in [-0.3, -0.25) is 9.59 Å². The third kappa shape index (κ3) is 2.45. The molecule has 0 aliphatic heterocycles. The molecule has 118 valence electrons. The fourth-order valence-electron chi connectivity index (χ4n) is 3.76. The van der Waals surface area contributed by atoms with Crippen LogP contribution in [0.3, 0.4) is 0 Å². The maximum Gasteiger partial charge on any atom is 0.151 e. The fourth-order valence-corrected chi connectivity index (χ4v) is 5.07. The Bertz CT molecular complexity index is 774. The Morgan fingerprint density at radius 2 is 1.70 bits per heavy atom. The first-order valence-corrected chi connectivity index (χ1v) is 9.04. The molecule has 1 unspecified atom stereocenters. The number of nitrogens with zero attached hydrogens (tertiary/aromatic N) is 1. The highest BCUT2D eigenvalue weighted by Gasteiger charge is 2.48. The molecular weight excluding hydrogens is 330 g/mol. The number of benzene rings is 1. The summed E-state index contributed by atoms with van der Waals surface area (Å²) < 4.78 is 0. The van der Waals surface area contributed by atoms with Crippen LogP contribution >= 0.6 is 22.9 Å². The van der Waals surface area contributed by atoms with Crippen molar-refractivity contribution in [1.82, 2.24) is 4.98 Å². The molecule has 2 saturated carbocycles. The van der Waals surface area contributed by atoms with Crippen molar-refractivity contribution in [1.29, 1.82) is 0 Å². The maximum atomic E-state index is 12.7. The van der Waals surface area contributed by atoms with Crippen molar-refractivity contribution < 1.29 is 9.59 Å². The molecule has 2 aliphatic rings. The summed E-state index contributed by atoms with van der Waals surface area (Å²) in [4.78, 5) is 30.8. The quantitative estimate of drug-likeness (QED) is 0.757. The molecule has 1 heterocycles. The lowest BCUT2D eigenvalue weighted by Gasteiger charge is -2.24. The van der Waals surface area contributed by atoms with Gasteiger partial charge in [0.2, 0.25) is 0 Å². The molecule has 23 heavy (non-hydrogen) atoms. The van der Waals surface area contributed by atoms with Gasteiger partial charge in [-0.15, -0.1) is 11.3 Å². The maximum absolute atomic E-state index is 12.7. The normalized spacial score (nSPS) is 26.8. The molecule has 0 amide bonds. The molecule has 3 atom stereocenters. The van der Waals surface area contributed by atoms with E-state index in [9.17, 15) is 9.59 Å². The summed E-state index contributed by atoms with van der Waals surface area (Å²) in [6.07, 6.45) is 2.50. The van der Waals surface area contributed by atoms with Gasteiger partial charge in [0.15, 0.2) is 11.6 Å². The minimum atomic E-state index is -0.584. The molecule has 3 nitrogen and oxygen atoms in total. The number of hydrogen-bond acceptors (Lipinski definition) is 4. The average Bonchev–Trinajstić information content (AvgIpc) is 3.13. The average molecular weight is 346 g/mol. The molecule has 5 heteroatoms. The summed E-state index contributed by atoms with van der Waals surface area (Å²) in [6.45, 7) is 1.89. The smallest absolute Gasteiger partial charge is 0.151 e. The van der Waals surface area contributed by atoms with Crippen LogP contribution in [0.2, 0.25) is 5.02 Å². The first kappa shape index (κ1) is 15.0. The molecule has 2 fully saturated rings. The van der Waals surface area contributed by atoms with Crippen molar-refractivity contribution in [2.24, 2.45) is 11.8 Å². The number of rotatable bonds is 2. The first-order valence-electron chi connectivity index (χ1n) is 7.85. The number of hydrogen-bond donors (Lipinski definition) is 0. The Labute approximate surface area is 143 Å². The largest absolute Gasteiger partial charge is 0.298 e. The lowest BCUT2D eigenvalue weighted by molar-refractivity contribution is -0.135. The molecular formula is C18H16ClNO2S. The van der Waals surface area contributed by atoms with Crippen molar-refractivity contribution in [3.8, 4) is 10.6 Å². The Morgan fingerprint density at radius 3 is 2.30 bits per heavy atom. The van der Waals surface area contributed by atoms with Gasteiger partial charge in [-0.1, -0.05) is 23.7 Å². The van der Waals surface area contributed by atoms with Crippen LogP contribution < -0.4 is 0 Å². The molecule has 1 aromatic carbocycles. The highest BCUT2D eigenvalue weighted by molar-refractivity contribution is 7.15. The van der Waals surface area contributed by atoms with Crippen LogP contribution in [0, 0.1) is 18.8 Å². The molecule has 2 bridgehead atoms. The molecule has 2 aromatic rings. The van der Waals surface area contributed by atoms with E-state index in [-0.39, 0.29) is 23.4 Å². The van der Waals surface area contributed by atoms with Gasteiger partial charge in [-0.25, -0.2) is 4.98 Å². The van der Waals surface area contributed by atoms with E-state index < -0.39 is 5.92 Å². The number of carbonyl (C=O) groups is 2. The Hall–Kier alpha value is -1.52. The van der Waals surface area contributed by atoms with E-state index in [1.54, 1.807) is 0 Å². The van der Waals surface area contributed by atoms with Gasteiger partial charge in [-0.05, 0) is 38.3 Å². The Morgan fingerprint density at radius 1 is 1.09 bits per heavy atom. The lowest BCUT2D eigenvalue weighted by atomic mass is 9.78. The molecule has 4 rings (SSSR count). The van der Waals surface area contributed by atoms with Gasteiger partial charge in [0.1, 0.15) is 10.9 Å². The van der Waals surface area contributed by atoms with E-state index in [0.717, 1.165) is 40.4 Å². The van der Waals surface area contributed by atoms with E-state index in [1.807, 2.05) is 31.2 Å². The summed E-state index contributed by atoms with van der Waals surface area (Å²) in [5.74, 6) is -0.220. The Balaban J connectivity index is 1.73. The molecule has 2 aliphatic carbocycles. The number of fused-ring (bicyclic) bond motifs is 2. The summed E-state index contributed by atoms with van der Waals surface area (Å²) in [7, 11) is 0. The van der Waals surface area contributed by atoms with Crippen molar-refractivity contribution >= 4 is 34.5 Å². The Kier molecular flexibility index (Phi) is 3.62. The van der Waals surface area contributed by atoms with Crippen LogP contribution in [0.4, 0.5) is 0 Å². The van der Waals surface area contributed by atoms with E-state index in [2.05, 4.69) is 4.98 Å². The summed E-state index contributed by atoms with van der Waals surface area (Å²) in [6, 6.07) is 7.48. The zero-order chi connectivity index (χ0) is 16.1. The van der Waals surface area contributed by atoms with E-state index in [1.165, 1.54) is 11.3 Å². The van der Waals surface area contributed by atoms with Gasteiger partial charge >= 0.3 is 0 Å². The number of ketones is 2. The van der Waals surface area contributed by atoms with Crippen LogP contribution in [0.5, 0.6) is 0 Å². The predicted octanol–water partition coefficient (Wildman–Crippen LogP) is 4.42. The van der Waals surface area contributed by atoms with Gasteiger partial charge in [0.25, 0.3) is 0 Å². The second-order valence-corrected chi connectivity index (χ2v) is 7.89.